The summed E-state index contributed by atoms with van der Waals surface area (Å²) >= 11 is 0. The van der Waals surface area contributed by atoms with Gasteiger partial charge in [-0.15, -0.1) is 0 Å². The second-order valence-corrected chi connectivity index (χ2v) is 5.07. The molecule has 1 aliphatic carbocycles. The average Bonchev–Trinajstić information content (AvgIpc) is 2.54. The molecule has 17 heavy (non-hydrogen) atoms. The Kier molecular flexibility index (Phi) is 2.00. The van der Waals surface area contributed by atoms with Crippen LogP contribution in [0, 0.1) is 11.8 Å². The van der Waals surface area contributed by atoms with Crippen LogP contribution in [-0.4, -0.2) is 24.0 Å². The fourth-order valence-corrected chi connectivity index (χ4v) is 3.00. The molecule has 0 spiro atoms. The maximum Gasteiger partial charge on any atom is 0.310 e. The number of esters is 1. The van der Waals surface area contributed by atoms with Gasteiger partial charge in [0.2, 0.25) is 5.78 Å². The highest BCUT2D eigenvalue weighted by Crippen LogP contribution is 2.47. The highest BCUT2D eigenvalue weighted by atomic mass is 16.6. The molecule has 0 bridgehead atoms. The lowest BCUT2D eigenvalue weighted by atomic mass is 9.69. The molecule has 0 aromatic rings. The van der Waals surface area contributed by atoms with Gasteiger partial charge in [0.15, 0.2) is 5.60 Å². The van der Waals surface area contributed by atoms with Crippen molar-refractivity contribution >= 4 is 11.8 Å². The van der Waals surface area contributed by atoms with Crippen LogP contribution < -0.4 is 0 Å². The second-order valence-electron chi connectivity index (χ2n) is 5.07. The molecule has 4 nitrogen and oxygen atoms in total. The van der Waals surface area contributed by atoms with Crippen molar-refractivity contribution in [3.8, 4) is 0 Å². The van der Waals surface area contributed by atoms with E-state index in [1.165, 1.54) is 0 Å². The molecular formula is C13H14O4. The zero-order valence-corrected chi connectivity index (χ0v) is 9.86. The van der Waals surface area contributed by atoms with E-state index in [9.17, 15) is 9.59 Å². The minimum atomic E-state index is -0.982. The third kappa shape index (κ3) is 1.24. The molecule has 1 fully saturated rings. The number of Topliss-reactive ketones (excluding diaryl/α,β-unsaturated/α-hetero) is 1. The van der Waals surface area contributed by atoms with Gasteiger partial charge in [-0.2, -0.15) is 0 Å². The fourth-order valence-electron chi connectivity index (χ4n) is 3.00. The van der Waals surface area contributed by atoms with Crippen molar-refractivity contribution in [2.75, 3.05) is 6.61 Å². The lowest BCUT2D eigenvalue weighted by Crippen LogP contribution is -2.47. The van der Waals surface area contributed by atoms with Crippen molar-refractivity contribution in [3.63, 3.8) is 0 Å². The van der Waals surface area contributed by atoms with Crippen LogP contribution in [0.25, 0.3) is 0 Å². The molecule has 1 saturated heterocycles. The molecule has 3 unspecified atom stereocenters. The molecule has 3 atom stereocenters. The van der Waals surface area contributed by atoms with E-state index in [1.54, 1.807) is 13.2 Å². The number of carbonyl (C=O) groups is 2. The third-order valence-corrected chi connectivity index (χ3v) is 4.14. The Labute approximate surface area is 99.3 Å². The summed E-state index contributed by atoms with van der Waals surface area (Å²) in [6.07, 6.45) is 4.15. The minimum absolute atomic E-state index is 0.0519. The molecule has 2 heterocycles. The smallest absolute Gasteiger partial charge is 0.310 e. The van der Waals surface area contributed by atoms with Gasteiger partial charge in [0.05, 0.1) is 12.2 Å². The summed E-state index contributed by atoms with van der Waals surface area (Å²) in [6, 6.07) is 0. The number of ether oxygens (including phenoxy) is 2. The summed E-state index contributed by atoms with van der Waals surface area (Å²) in [5.41, 5.74) is 0.672. The molecule has 90 valence electrons. The molecule has 3 aliphatic rings. The van der Waals surface area contributed by atoms with Gasteiger partial charge < -0.3 is 9.47 Å². The topological polar surface area (TPSA) is 52.6 Å². The van der Waals surface area contributed by atoms with Crippen LogP contribution in [0.15, 0.2) is 23.5 Å². The van der Waals surface area contributed by atoms with E-state index >= 15 is 0 Å². The van der Waals surface area contributed by atoms with E-state index in [2.05, 4.69) is 0 Å². The number of allylic oxidation sites excluding steroid dienone is 2. The van der Waals surface area contributed by atoms with E-state index in [-0.39, 0.29) is 23.6 Å². The normalized spacial score (nSPS) is 39.6. The molecule has 2 aliphatic heterocycles. The van der Waals surface area contributed by atoms with Crippen LogP contribution in [0.3, 0.4) is 0 Å². The van der Waals surface area contributed by atoms with Crippen LogP contribution in [0.5, 0.6) is 0 Å². The van der Waals surface area contributed by atoms with Crippen LogP contribution >= 0.6 is 0 Å². The van der Waals surface area contributed by atoms with Crippen molar-refractivity contribution in [1.82, 2.24) is 0 Å². The van der Waals surface area contributed by atoms with E-state index in [0.29, 0.717) is 18.6 Å². The number of fused-ring (bicyclic) bond motifs is 1. The first-order chi connectivity index (χ1) is 8.04. The summed E-state index contributed by atoms with van der Waals surface area (Å²) in [6.45, 7) is 3.85. The molecule has 0 amide bonds. The molecule has 0 saturated carbocycles. The van der Waals surface area contributed by atoms with E-state index in [0.717, 1.165) is 5.57 Å². The number of hydrogen-bond acceptors (Lipinski definition) is 4. The van der Waals surface area contributed by atoms with Gasteiger partial charge in [-0.1, -0.05) is 6.92 Å². The van der Waals surface area contributed by atoms with Gasteiger partial charge in [0.25, 0.3) is 0 Å². The lowest BCUT2D eigenvalue weighted by Gasteiger charge is -2.36. The highest BCUT2D eigenvalue weighted by Gasteiger charge is 2.58. The molecule has 0 radical (unpaired) electrons. The maximum absolute atomic E-state index is 12.4. The van der Waals surface area contributed by atoms with Crippen molar-refractivity contribution in [3.05, 3.63) is 23.5 Å². The number of carbonyl (C=O) groups excluding carboxylic acids is 2. The van der Waals surface area contributed by atoms with E-state index < -0.39 is 5.60 Å². The Balaban J connectivity index is 2.08. The first-order valence-corrected chi connectivity index (χ1v) is 5.82. The van der Waals surface area contributed by atoms with Crippen molar-refractivity contribution in [2.45, 2.75) is 25.9 Å². The Morgan fingerprint density at radius 1 is 1.41 bits per heavy atom. The van der Waals surface area contributed by atoms with Gasteiger partial charge in [0.1, 0.15) is 6.61 Å². The SMILES string of the molecule is CC1C(=O)OC2(C)C(=O)C3=C(C=COC3)CC12. The van der Waals surface area contributed by atoms with Gasteiger partial charge in [-0.3, -0.25) is 9.59 Å². The largest absolute Gasteiger partial charge is 0.496 e. The van der Waals surface area contributed by atoms with Gasteiger partial charge in [0, 0.05) is 11.5 Å². The Morgan fingerprint density at radius 2 is 2.18 bits per heavy atom. The molecule has 0 aromatic carbocycles. The maximum atomic E-state index is 12.4. The summed E-state index contributed by atoms with van der Waals surface area (Å²) in [4.78, 5) is 24.1. The summed E-state index contributed by atoms with van der Waals surface area (Å²) in [5.74, 6) is -0.625. The van der Waals surface area contributed by atoms with E-state index in [1.807, 2.05) is 13.0 Å². The number of hydrogen-bond donors (Lipinski definition) is 0. The second kappa shape index (κ2) is 3.22. The molecule has 0 N–H and O–H groups in total. The number of ketones is 1. The summed E-state index contributed by atoms with van der Waals surface area (Å²) in [5, 5.41) is 0. The Bertz CT molecular complexity index is 474. The van der Waals surface area contributed by atoms with Crippen molar-refractivity contribution < 1.29 is 19.1 Å². The highest BCUT2D eigenvalue weighted by molar-refractivity contribution is 6.06. The monoisotopic (exact) mass is 234 g/mol. The predicted molar refractivity (Wildman–Crippen MR) is 58.9 cm³/mol. The zero-order valence-electron chi connectivity index (χ0n) is 9.86. The van der Waals surface area contributed by atoms with Gasteiger partial charge >= 0.3 is 5.97 Å². The first-order valence-electron chi connectivity index (χ1n) is 5.82. The molecule has 4 heteroatoms. The van der Waals surface area contributed by atoms with Crippen LogP contribution in [0.1, 0.15) is 20.3 Å². The van der Waals surface area contributed by atoms with Gasteiger partial charge in [-0.05, 0) is 25.0 Å². The standard InChI is InChI=1S/C13H14O4/c1-7-10-5-8-3-4-16-6-9(8)11(14)13(10,2)17-12(7)15/h3-4,7,10H,5-6H2,1-2H3. The van der Waals surface area contributed by atoms with Crippen LogP contribution in [-0.2, 0) is 19.1 Å². The first kappa shape index (κ1) is 10.6. The van der Waals surface area contributed by atoms with Crippen LogP contribution in [0.4, 0.5) is 0 Å². The van der Waals surface area contributed by atoms with Crippen molar-refractivity contribution in [1.29, 1.82) is 0 Å². The minimum Gasteiger partial charge on any atom is -0.496 e. The van der Waals surface area contributed by atoms with Gasteiger partial charge in [-0.25, -0.2) is 0 Å². The van der Waals surface area contributed by atoms with Crippen LogP contribution in [0.2, 0.25) is 0 Å². The lowest BCUT2D eigenvalue weighted by molar-refractivity contribution is -0.157. The molecule has 3 rings (SSSR count). The fraction of sp³-hybridized carbons (Fsp3) is 0.538. The Hall–Kier alpha value is -1.58. The number of rotatable bonds is 0. The third-order valence-electron chi connectivity index (χ3n) is 4.14. The summed E-state index contributed by atoms with van der Waals surface area (Å²) in [7, 11) is 0. The molecular weight excluding hydrogens is 220 g/mol. The van der Waals surface area contributed by atoms with Crippen molar-refractivity contribution in [2.24, 2.45) is 11.8 Å². The zero-order chi connectivity index (χ0) is 12.2. The quantitative estimate of drug-likeness (QED) is 0.594. The predicted octanol–water partition coefficient (Wildman–Crippen LogP) is 1.37. The Morgan fingerprint density at radius 3 is 2.94 bits per heavy atom. The average molecular weight is 234 g/mol. The summed E-state index contributed by atoms with van der Waals surface area (Å²) < 4.78 is 10.5. The van der Waals surface area contributed by atoms with E-state index in [4.69, 9.17) is 9.47 Å². The molecule has 0 aromatic heterocycles.